The van der Waals surface area contributed by atoms with Gasteiger partial charge in [0.2, 0.25) is 11.8 Å². The van der Waals surface area contributed by atoms with Crippen LogP contribution in [0.2, 0.25) is 0 Å². The third-order valence-electron chi connectivity index (χ3n) is 8.23. The second-order valence-electron chi connectivity index (χ2n) is 10.5. The van der Waals surface area contributed by atoms with E-state index < -0.39 is 53.6 Å². The highest BCUT2D eigenvalue weighted by molar-refractivity contribution is 6.23. The average Bonchev–Trinajstić information content (AvgIpc) is 3.49. The van der Waals surface area contributed by atoms with Crippen LogP contribution in [0.15, 0.2) is 115 Å². The van der Waals surface area contributed by atoms with Crippen LogP contribution in [0.1, 0.15) is 34.4 Å². The summed E-state index contributed by atoms with van der Waals surface area (Å²) in [5, 5.41) is 0. The van der Waals surface area contributed by atoms with E-state index in [0.29, 0.717) is 0 Å². The molecular weight excluding hydrogens is 519 g/mol. The van der Waals surface area contributed by atoms with E-state index in [0.717, 1.165) is 27.2 Å². The predicted molar refractivity (Wildman–Crippen MR) is 151 cm³/mol. The van der Waals surface area contributed by atoms with E-state index in [4.69, 9.17) is 4.74 Å². The number of carbonyl (C=O) groups is 3. The Labute approximate surface area is 236 Å². The Morgan fingerprint density at radius 1 is 0.732 bits per heavy atom. The van der Waals surface area contributed by atoms with Crippen LogP contribution in [-0.4, -0.2) is 28.7 Å². The molecule has 0 bridgehead atoms. The molecule has 3 aliphatic rings. The van der Waals surface area contributed by atoms with E-state index in [1.54, 1.807) is 6.20 Å². The molecule has 0 aliphatic carbocycles. The van der Waals surface area contributed by atoms with Gasteiger partial charge in [-0.15, -0.1) is 0 Å². The topological polar surface area (TPSA) is 66.9 Å². The highest BCUT2D eigenvalue weighted by Crippen LogP contribution is 2.53. The lowest BCUT2D eigenvalue weighted by Gasteiger charge is -2.35. The first-order valence-corrected chi connectivity index (χ1v) is 13.5. The third kappa shape index (κ3) is 4.04. The fourth-order valence-electron chi connectivity index (χ4n) is 6.44. The zero-order valence-corrected chi connectivity index (χ0v) is 21.8. The van der Waals surface area contributed by atoms with Crippen LogP contribution in [0.25, 0.3) is 6.08 Å². The summed E-state index contributed by atoms with van der Waals surface area (Å²) in [7, 11) is 0. The van der Waals surface area contributed by atoms with Gasteiger partial charge in [-0.1, -0.05) is 84.9 Å². The molecule has 0 unspecified atom stereocenters. The molecule has 0 N–H and O–H groups in total. The second kappa shape index (κ2) is 9.86. The maximum absolute atomic E-state index is 14.2. The van der Waals surface area contributed by atoms with Crippen molar-refractivity contribution in [2.45, 2.75) is 18.2 Å². The Morgan fingerprint density at radius 3 is 1.98 bits per heavy atom. The number of imide groups is 1. The van der Waals surface area contributed by atoms with Crippen molar-refractivity contribution in [2.24, 2.45) is 11.8 Å². The molecule has 3 aliphatic heterocycles. The van der Waals surface area contributed by atoms with Crippen molar-refractivity contribution < 1.29 is 23.5 Å². The number of benzene rings is 4. The summed E-state index contributed by atoms with van der Waals surface area (Å²) in [4.78, 5) is 45.2. The Kier molecular flexibility index (Phi) is 6.00. The van der Waals surface area contributed by atoms with Crippen LogP contribution >= 0.6 is 0 Å². The molecular formula is C34H25FN2O4. The standard InChI is InChI=1S/C34H25FN2O4/c35-24-15-17-25(18-16-24)37-32(38)27-28(33(37)39)30(36-20-19-21-9-7-8-14-26(21)29(27)36)34(40)41-31(22-10-3-1-4-11-22)23-12-5-2-6-13-23/h1-20,27-31H/t27-,28+,29+,30-/m0/s1. The van der Waals surface area contributed by atoms with Crippen molar-refractivity contribution in [1.82, 2.24) is 4.90 Å². The van der Waals surface area contributed by atoms with Gasteiger partial charge in [0.15, 0.2) is 6.10 Å². The number of carbonyl (C=O) groups excluding carboxylic acids is 3. The first-order valence-electron chi connectivity index (χ1n) is 13.5. The van der Waals surface area contributed by atoms with Crippen LogP contribution in [-0.2, 0) is 19.1 Å². The molecule has 2 saturated heterocycles. The van der Waals surface area contributed by atoms with Gasteiger partial charge in [-0.05, 0) is 52.6 Å². The monoisotopic (exact) mass is 544 g/mol. The number of esters is 1. The minimum atomic E-state index is -1.04. The SMILES string of the molecule is O=C(OC(c1ccccc1)c1ccccc1)[C@@H]1[C@@H]2C(=O)N(c3ccc(F)cc3)C(=O)[C@@H]2[C@H]2c3ccccc3C=CN12. The van der Waals surface area contributed by atoms with E-state index in [-0.39, 0.29) is 5.69 Å². The summed E-state index contributed by atoms with van der Waals surface area (Å²) in [6.07, 6.45) is 2.98. The predicted octanol–water partition coefficient (Wildman–Crippen LogP) is 5.67. The van der Waals surface area contributed by atoms with E-state index in [2.05, 4.69) is 0 Å². The molecule has 4 aromatic carbocycles. The number of ether oxygens (including phenoxy) is 1. The number of hydrogen-bond acceptors (Lipinski definition) is 5. The first-order chi connectivity index (χ1) is 20.0. The largest absolute Gasteiger partial charge is 0.451 e. The molecule has 3 heterocycles. The number of amides is 2. The van der Waals surface area contributed by atoms with Gasteiger partial charge in [-0.3, -0.25) is 9.59 Å². The van der Waals surface area contributed by atoms with Crippen molar-refractivity contribution in [1.29, 1.82) is 0 Å². The van der Waals surface area contributed by atoms with Gasteiger partial charge >= 0.3 is 5.97 Å². The fourth-order valence-corrected chi connectivity index (χ4v) is 6.44. The third-order valence-corrected chi connectivity index (χ3v) is 8.23. The van der Waals surface area contributed by atoms with Crippen LogP contribution in [0.3, 0.4) is 0 Å². The van der Waals surface area contributed by atoms with E-state index in [9.17, 15) is 18.8 Å². The normalized spacial score (nSPS) is 22.5. The summed E-state index contributed by atoms with van der Waals surface area (Å²) in [6, 6.07) is 30.2. The minimum Gasteiger partial charge on any atom is -0.451 e. The number of anilines is 1. The number of rotatable bonds is 5. The van der Waals surface area contributed by atoms with Gasteiger partial charge in [-0.25, -0.2) is 14.1 Å². The molecule has 0 aromatic heterocycles. The molecule has 7 heteroatoms. The molecule has 0 saturated carbocycles. The van der Waals surface area contributed by atoms with Gasteiger partial charge in [0.25, 0.3) is 0 Å². The molecule has 4 aromatic rings. The van der Waals surface area contributed by atoms with Crippen molar-refractivity contribution >= 4 is 29.5 Å². The van der Waals surface area contributed by atoms with Crippen LogP contribution in [0.4, 0.5) is 10.1 Å². The van der Waals surface area contributed by atoms with Crippen molar-refractivity contribution in [3.05, 3.63) is 143 Å². The minimum absolute atomic E-state index is 0.278. The number of nitrogens with zero attached hydrogens (tertiary/aromatic N) is 2. The number of halogens is 1. The Morgan fingerprint density at radius 2 is 1.32 bits per heavy atom. The van der Waals surface area contributed by atoms with E-state index in [1.807, 2.05) is 95.9 Å². The van der Waals surface area contributed by atoms with Crippen LogP contribution < -0.4 is 4.90 Å². The van der Waals surface area contributed by atoms with Crippen LogP contribution in [0, 0.1) is 17.7 Å². The zero-order valence-electron chi connectivity index (χ0n) is 21.8. The summed E-state index contributed by atoms with van der Waals surface area (Å²) in [5.74, 6) is -3.77. The van der Waals surface area contributed by atoms with E-state index >= 15 is 0 Å². The van der Waals surface area contributed by atoms with Gasteiger partial charge in [0, 0.05) is 6.20 Å². The molecule has 2 amide bonds. The van der Waals surface area contributed by atoms with Crippen molar-refractivity contribution in [2.75, 3.05) is 4.90 Å². The van der Waals surface area contributed by atoms with Gasteiger partial charge < -0.3 is 9.64 Å². The maximum Gasteiger partial charge on any atom is 0.330 e. The lowest BCUT2D eigenvalue weighted by atomic mass is 9.84. The van der Waals surface area contributed by atoms with Gasteiger partial charge in [0.1, 0.15) is 11.9 Å². The molecule has 202 valence electrons. The molecule has 0 spiro atoms. The summed E-state index contributed by atoms with van der Waals surface area (Å²) in [6.45, 7) is 0. The summed E-state index contributed by atoms with van der Waals surface area (Å²) >= 11 is 0. The Hall–Kier alpha value is -5.04. The smallest absolute Gasteiger partial charge is 0.330 e. The van der Waals surface area contributed by atoms with Crippen molar-refractivity contribution in [3.63, 3.8) is 0 Å². The van der Waals surface area contributed by atoms with Gasteiger partial charge in [0.05, 0.1) is 23.6 Å². The van der Waals surface area contributed by atoms with Crippen molar-refractivity contribution in [3.8, 4) is 0 Å². The van der Waals surface area contributed by atoms with Crippen LogP contribution in [0.5, 0.6) is 0 Å². The average molecular weight is 545 g/mol. The fraction of sp³-hybridized carbons (Fsp3) is 0.147. The zero-order chi connectivity index (χ0) is 28.1. The Balaban J connectivity index is 1.31. The number of hydrogen-bond donors (Lipinski definition) is 0. The maximum atomic E-state index is 14.2. The molecule has 7 rings (SSSR count). The molecule has 2 fully saturated rings. The molecule has 0 radical (unpaired) electrons. The highest BCUT2D eigenvalue weighted by Gasteiger charge is 2.65. The van der Waals surface area contributed by atoms with Gasteiger partial charge in [-0.2, -0.15) is 0 Å². The first kappa shape index (κ1) is 25.0. The quantitative estimate of drug-likeness (QED) is 0.239. The highest BCUT2D eigenvalue weighted by atomic mass is 19.1. The Bertz CT molecular complexity index is 1630. The summed E-state index contributed by atoms with van der Waals surface area (Å²) < 4.78 is 19.9. The number of fused-ring (bicyclic) bond motifs is 5. The molecule has 4 atom stereocenters. The van der Waals surface area contributed by atoms with E-state index in [1.165, 1.54) is 24.3 Å². The molecule has 41 heavy (non-hydrogen) atoms. The summed E-state index contributed by atoms with van der Waals surface area (Å²) in [5.41, 5.74) is 3.65. The second-order valence-corrected chi connectivity index (χ2v) is 10.5. The lowest BCUT2D eigenvalue weighted by molar-refractivity contribution is -0.155. The lowest BCUT2D eigenvalue weighted by Crippen LogP contribution is -2.45. The molecule has 6 nitrogen and oxygen atoms in total.